The number of aromatic nitrogens is 2. The van der Waals surface area contributed by atoms with E-state index in [4.69, 9.17) is 32.9 Å². The monoisotopic (exact) mass is 388 g/mol. The molecule has 0 atom stereocenters. The Hall–Kier alpha value is -1.97. The van der Waals surface area contributed by atoms with Crippen LogP contribution in [0.5, 0.6) is 5.75 Å². The van der Waals surface area contributed by atoms with Crippen molar-refractivity contribution in [3.05, 3.63) is 70.1 Å². The Morgan fingerprint density at radius 2 is 1.77 bits per heavy atom. The van der Waals surface area contributed by atoms with Gasteiger partial charge in [0.15, 0.2) is 0 Å². The van der Waals surface area contributed by atoms with Crippen molar-refractivity contribution in [1.29, 1.82) is 0 Å². The minimum atomic E-state index is 0.597. The quantitative estimate of drug-likeness (QED) is 0.477. The molecule has 3 rings (SSSR count). The Bertz CT molecular complexity index is 869. The van der Waals surface area contributed by atoms with Gasteiger partial charge in [0.2, 0.25) is 0 Å². The number of methoxy groups -OCH3 is 1. The first-order chi connectivity index (χ1) is 12.7. The molecule has 0 saturated carbocycles. The fourth-order valence-electron chi connectivity index (χ4n) is 3.07. The van der Waals surface area contributed by atoms with Gasteiger partial charge in [-0.2, -0.15) is 0 Å². The Morgan fingerprint density at radius 3 is 2.46 bits per heavy atom. The van der Waals surface area contributed by atoms with E-state index in [1.54, 1.807) is 7.11 Å². The highest BCUT2D eigenvalue weighted by molar-refractivity contribution is 6.35. The summed E-state index contributed by atoms with van der Waals surface area (Å²) in [5, 5.41) is 1.35. The van der Waals surface area contributed by atoms with E-state index < -0.39 is 0 Å². The number of hydrogen-bond acceptors (Lipinski definition) is 2. The first kappa shape index (κ1) is 18.8. The lowest BCUT2D eigenvalue weighted by molar-refractivity contribution is 0.416. The minimum Gasteiger partial charge on any atom is -0.496 e. The van der Waals surface area contributed by atoms with Crippen LogP contribution in [0.15, 0.2) is 48.8 Å². The van der Waals surface area contributed by atoms with E-state index in [0.29, 0.717) is 16.6 Å². The molecule has 0 aliphatic carbocycles. The molecule has 0 saturated heterocycles. The number of halogens is 2. The van der Waals surface area contributed by atoms with Gasteiger partial charge in [-0.3, -0.25) is 0 Å². The van der Waals surface area contributed by atoms with E-state index in [2.05, 4.69) is 11.5 Å². The van der Waals surface area contributed by atoms with Crippen molar-refractivity contribution in [3.8, 4) is 17.0 Å². The summed E-state index contributed by atoms with van der Waals surface area (Å²) >= 11 is 12.7. The highest BCUT2D eigenvalue weighted by atomic mass is 35.5. The maximum Gasteiger partial charge on any atom is 0.128 e. The summed E-state index contributed by atoms with van der Waals surface area (Å²) in [6.45, 7) is 2.79. The zero-order valence-corrected chi connectivity index (χ0v) is 16.5. The third-order valence-electron chi connectivity index (χ3n) is 4.47. The standard InChI is InChI=1S/C21H22Cl2N2O/c1-3-4-11-19-21(15-8-5-6-12-20(15)26-2)24-14-25(19)13-16-17(22)9-7-10-18(16)23/h5-10,12,14H,3-4,11,13H2,1-2H3. The van der Waals surface area contributed by atoms with Gasteiger partial charge in [-0.15, -0.1) is 0 Å². The zero-order chi connectivity index (χ0) is 18.5. The van der Waals surface area contributed by atoms with Crippen LogP contribution in [-0.2, 0) is 13.0 Å². The molecule has 3 nitrogen and oxygen atoms in total. The summed E-state index contributed by atoms with van der Waals surface area (Å²) in [5.41, 5.74) is 4.05. The number of nitrogens with zero attached hydrogens (tertiary/aromatic N) is 2. The van der Waals surface area contributed by atoms with E-state index in [1.165, 1.54) is 5.69 Å². The first-order valence-electron chi connectivity index (χ1n) is 8.76. The summed E-state index contributed by atoms with van der Waals surface area (Å²) in [4.78, 5) is 4.70. The Labute approximate surface area is 164 Å². The highest BCUT2D eigenvalue weighted by Crippen LogP contribution is 2.33. The van der Waals surface area contributed by atoms with Gasteiger partial charge in [0, 0.05) is 26.9 Å². The van der Waals surface area contributed by atoms with Crippen molar-refractivity contribution in [3.63, 3.8) is 0 Å². The molecular weight excluding hydrogens is 367 g/mol. The first-order valence-corrected chi connectivity index (χ1v) is 9.51. The summed E-state index contributed by atoms with van der Waals surface area (Å²) in [6, 6.07) is 13.6. The minimum absolute atomic E-state index is 0.597. The molecule has 0 bridgehead atoms. The fraction of sp³-hybridized carbons (Fsp3) is 0.286. The van der Waals surface area contributed by atoms with Gasteiger partial charge in [-0.1, -0.05) is 54.7 Å². The van der Waals surface area contributed by atoms with Gasteiger partial charge in [0.1, 0.15) is 5.75 Å². The van der Waals surface area contributed by atoms with Crippen LogP contribution in [0.4, 0.5) is 0 Å². The van der Waals surface area contributed by atoms with Crippen molar-refractivity contribution < 1.29 is 4.74 Å². The largest absolute Gasteiger partial charge is 0.496 e. The van der Waals surface area contributed by atoms with Crippen molar-refractivity contribution in [2.75, 3.05) is 7.11 Å². The Kier molecular flexibility index (Phi) is 6.23. The van der Waals surface area contributed by atoms with Gasteiger partial charge < -0.3 is 9.30 Å². The third kappa shape index (κ3) is 3.89. The Morgan fingerprint density at radius 1 is 1.04 bits per heavy atom. The number of imidazole rings is 1. The van der Waals surface area contributed by atoms with Gasteiger partial charge in [0.05, 0.1) is 25.7 Å². The molecule has 0 unspecified atom stereocenters. The summed E-state index contributed by atoms with van der Waals surface area (Å²) in [6.07, 6.45) is 5.01. The molecule has 0 radical (unpaired) electrons. The fourth-order valence-corrected chi connectivity index (χ4v) is 3.59. The highest BCUT2D eigenvalue weighted by Gasteiger charge is 2.17. The molecule has 0 aliphatic heterocycles. The van der Waals surface area contributed by atoms with Gasteiger partial charge >= 0.3 is 0 Å². The van der Waals surface area contributed by atoms with Crippen molar-refractivity contribution in [2.24, 2.45) is 0 Å². The summed E-state index contributed by atoms with van der Waals surface area (Å²) in [7, 11) is 1.69. The maximum atomic E-state index is 6.37. The van der Waals surface area contributed by atoms with Crippen LogP contribution in [0.2, 0.25) is 10.0 Å². The van der Waals surface area contributed by atoms with Gasteiger partial charge in [0.25, 0.3) is 0 Å². The molecule has 0 fully saturated rings. The van der Waals surface area contributed by atoms with Crippen LogP contribution in [-0.4, -0.2) is 16.7 Å². The summed E-state index contributed by atoms with van der Waals surface area (Å²) < 4.78 is 7.68. The molecule has 1 heterocycles. The van der Waals surface area contributed by atoms with Gasteiger partial charge in [-0.25, -0.2) is 4.98 Å². The second-order valence-corrected chi connectivity index (χ2v) is 6.99. The molecule has 0 amide bonds. The van der Waals surface area contributed by atoms with E-state index in [1.807, 2.05) is 48.8 Å². The third-order valence-corrected chi connectivity index (χ3v) is 5.17. The molecule has 0 aliphatic rings. The predicted molar refractivity (Wildman–Crippen MR) is 108 cm³/mol. The van der Waals surface area contributed by atoms with Crippen LogP contribution in [0.25, 0.3) is 11.3 Å². The molecule has 1 aromatic heterocycles. The van der Waals surface area contributed by atoms with Crippen LogP contribution >= 0.6 is 23.2 Å². The van der Waals surface area contributed by atoms with E-state index >= 15 is 0 Å². The van der Waals surface area contributed by atoms with Crippen LogP contribution < -0.4 is 4.74 Å². The average molecular weight is 389 g/mol. The molecule has 26 heavy (non-hydrogen) atoms. The molecule has 0 N–H and O–H groups in total. The molecule has 0 spiro atoms. The second-order valence-electron chi connectivity index (χ2n) is 6.17. The zero-order valence-electron chi connectivity index (χ0n) is 15.0. The topological polar surface area (TPSA) is 27.1 Å². The molecule has 5 heteroatoms. The van der Waals surface area contributed by atoms with Crippen molar-refractivity contribution in [2.45, 2.75) is 32.7 Å². The number of hydrogen-bond donors (Lipinski definition) is 0. The molecule has 2 aromatic carbocycles. The number of rotatable bonds is 7. The van der Waals surface area contributed by atoms with Crippen molar-refractivity contribution in [1.82, 2.24) is 9.55 Å². The van der Waals surface area contributed by atoms with Crippen LogP contribution in [0.3, 0.4) is 0 Å². The maximum absolute atomic E-state index is 6.37. The lowest BCUT2D eigenvalue weighted by Crippen LogP contribution is -2.05. The smallest absolute Gasteiger partial charge is 0.128 e. The SMILES string of the molecule is CCCCc1c(-c2ccccc2OC)ncn1Cc1c(Cl)cccc1Cl. The normalized spacial score (nSPS) is 10.9. The molecule has 3 aromatic rings. The Balaban J connectivity index is 2.05. The summed E-state index contributed by atoms with van der Waals surface area (Å²) in [5.74, 6) is 0.825. The van der Waals surface area contributed by atoms with E-state index in [0.717, 1.165) is 41.8 Å². The van der Waals surface area contributed by atoms with Gasteiger partial charge in [-0.05, 0) is 37.1 Å². The average Bonchev–Trinajstić information content (AvgIpc) is 3.05. The lowest BCUT2D eigenvalue weighted by atomic mass is 10.1. The lowest BCUT2D eigenvalue weighted by Gasteiger charge is -2.13. The number of benzene rings is 2. The van der Waals surface area contributed by atoms with Crippen molar-refractivity contribution >= 4 is 23.2 Å². The van der Waals surface area contributed by atoms with Crippen LogP contribution in [0.1, 0.15) is 31.0 Å². The second kappa shape index (κ2) is 8.61. The number of ether oxygens (including phenoxy) is 1. The predicted octanol–water partition coefficient (Wildman–Crippen LogP) is 6.26. The number of para-hydroxylation sites is 1. The molecule has 136 valence electrons. The van der Waals surface area contributed by atoms with E-state index in [9.17, 15) is 0 Å². The van der Waals surface area contributed by atoms with E-state index in [-0.39, 0.29) is 0 Å². The molecular formula is C21H22Cl2N2O. The number of unbranched alkanes of at least 4 members (excludes halogenated alkanes) is 1. The van der Waals surface area contributed by atoms with Crippen LogP contribution in [0, 0.1) is 0 Å².